The van der Waals surface area contributed by atoms with Crippen LogP contribution in [0.25, 0.3) is 10.6 Å². The van der Waals surface area contributed by atoms with Crippen LogP contribution in [0, 0.1) is 0 Å². The maximum absolute atomic E-state index is 12.5. The number of hydrogen-bond donors (Lipinski definition) is 2. The first-order valence-corrected chi connectivity index (χ1v) is 11.1. The molecule has 4 aromatic rings. The van der Waals surface area contributed by atoms with E-state index in [-0.39, 0.29) is 30.0 Å². The average molecular weight is 463 g/mol. The molecule has 0 aliphatic heterocycles. The number of nitrogens with one attached hydrogen (secondary N) is 1. The molecule has 0 fully saturated rings. The van der Waals surface area contributed by atoms with Gasteiger partial charge in [-0.05, 0) is 24.1 Å². The molecule has 0 saturated carbocycles. The number of rotatable bonds is 8. The quantitative estimate of drug-likeness (QED) is 0.370. The van der Waals surface area contributed by atoms with Crippen molar-refractivity contribution < 1.29 is 14.3 Å². The van der Waals surface area contributed by atoms with Crippen molar-refractivity contribution in [3.63, 3.8) is 0 Å². The monoisotopic (exact) mass is 462 g/mol. The molecule has 0 bridgehead atoms. The summed E-state index contributed by atoms with van der Waals surface area (Å²) in [5.74, 6) is 0.470. The van der Waals surface area contributed by atoms with Crippen molar-refractivity contribution >= 4 is 34.9 Å². The van der Waals surface area contributed by atoms with Gasteiger partial charge in [0.05, 0.1) is 12.8 Å². The maximum atomic E-state index is 12.5. The number of aromatic nitrogens is 4. The lowest BCUT2D eigenvalue weighted by atomic mass is 10.1. The molecule has 0 saturated heterocycles. The van der Waals surface area contributed by atoms with E-state index in [0.29, 0.717) is 11.4 Å². The van der Waals surface area contributed by atoms with Crippen LogP contribution in [0.4, 0.5) is 17.6 Å². The molecule has 2 aromatic carbocycles. The van der Waals surface area contributed by atoms with Gasteiger partial charge in [-0.15, -0.1) is 11.3 Å². The Morgan fingerprint density at radius 2 is 1.85 bits per heavy atom. The fourth-order valence-corrected chi connectivity index (χ4v) is 3.81. The Morgan fingerprint density at radius 3 is 2.61 bits per heavy atom. The number of thiazole rings is 1. The molecule has 2 heterocycles. The van der Waals surface area contributed by atoms with E-state index >= 15 is 0 Å². The Labute approximate surface area is 194 Å². The summed E-state index contributed by atoms with van der Waals surface area (Å²) in [5.41, 5.74) is 8.89. The summed E-state index contributed by atoms with van der Waals surface area (Å²) in [5, 5.41) is 5.45. The number of para-hydroxylation sites is 2. The molecule has 0 radical (unpaired) electrons. The molecule has 10 heteroatoms. The SMILES string of the molecule is CCc1ccc(-c2nc(C(=O)OCc3nc(N)nc(Nc4ccccc4OC)n3)cs2)cc1. The van der Waals surface area contributed by atoms with Crippen LogP contribution in [0.2, 0.25) is 0 Å². The zero-order chi connectivity index (χ0) is 23.2. The van der Waals surface area contributed by atoms with E-state index in [1.807, 2.05) is 30.3 Å². The van der Waals surface area contributed by atoms with Crippen molar-refractivity contribution in [3.05, 3.63) is 71.0 Å². The number of nitrogen functional groups attached to an aromatic ring is 1. The molecule has 0 atom stereocenters. The van der Waals surface area contributed by atoms with Crippen LogP contribution in [-0.2, 0) is 17.8 Å². The van der Waals surface area contributed by atoms with Crippen LogP contribution in [0.3, 0.4) is 0 Å². The van der Waals surface area contributed by atoms with E-state index in [1.165, 1.54) is 16.9 Å². The predicted octanol–water partition coefficient (Wildman–Crippen LogP) is 4.25. The van der Waals surface area contributed by atoms with Crippen LogP contribution >= 0.6 is 11.3 Å². The minimum Gasteiger partial charge on any atom is -0.495 e. The topological polar surface area (TPSA) is 125 Å². The van der Waals surface area contributed by atoms with Crippen LogP contribution in [0.5, 0.6) is 5.75 Å². The Morgan fingerprint density at radius 1 is 1.06 bits per heavy atom. The van der Waals surface area contributed by atoms with Gasteiger partial charge in [-0.1, -0.05) is 43.3 Å². The van der Waals surface area contributed by atoms with Crippen LogP contribution in [0.15, 0.2) is 53.9 Å². The number of esters is 1. The smallest absolute Gasteiger partial charge is 0.358 e. The van der Waals surface area contributed by atoms with E-state index in [1.54, 1.807) is 18.6 Å². The largest absolute Gasteiger partial charge is 0.495 e. The highest BCUT2D eigenvalue weighted by atomic mass is 32.1. The second-order valence-corrected chi connectivity index (χ2v) is 7.78. The van der Waals surface area contributed by atoms with Gasteiger partial charge in [-0.25, -0.2) is 9.78 Å². The van der Waals surface area contributed by atoms with Gasteiger partial charge in [-0.3, -0.25) is 0 Å². The molecule has 0 unspecified atom stereocenters. The second kappa shape index (κ2) is 10.0. The van der Waals surface area contributed by atoms with Gasteiger partial charge in [-0.2, -0.15) is 15.0 Å². The molecule has 0 aliphatic carbocycles. The van der Waals surface area contributed by atoms with E-state index < -0.39 is 5.97 Å². The van der Waals surface area contributed by atoms with Crippen LogP contribution in [0.1, 0.15) is 28.8 Å². The Hall–Kier alpha value is -4.05. The molecule has 4 rings (SSSR count). The first kappa shape index (κ1) is 22.2. The van der Waals surface area contributed by atoms with E-state index in [2.05, 4.69) is 44.3 Å². The highest BCUT2D eigenvalue weighted by molar-refractivity contribution is 7.13. The number of ether oxygens (including phenoxy) is 2. The highest BCUT2D eigenvalue weighted by Gasteiger charge is 2.15. The second-order valence-electron chi connectivity index (χ2n) is 6.92. The van der Waals surface area contributed by atoms with Gasteiger partial charge in [0, 0.05) is 10.9 Å². The van der Waals surface area contributed by atoms with Gasteiger partial charge < -0.3 is 20.5 Å². The number of methoxy groups -OCH3 is 1. The summed E-state index contributed by atoms with van der Waals surface area (Å²) >= 11 is 1.38. The molecule has 0 spiro atoms. The first-order valence-electron chi connectivity index (χ1n) is 10.2. The summed E-state index contributed by atoms with van der Waals surface area (Å²) in [6.07, 6.45) is 0.966. The van der Waals surface area contributed by atoms with E-state index in [4.69, 9.17) is 15.2 Å². The molecule has 2 aromatic heterocycles. The van der Waals surface area contributed by atoms with Gasteiger partial charge in [0.2, 0.25) is 11.9 Å². The summed E-state index contributed by atoms with van der Waals surface area (Å²) < 4.78 is 10.7. The fourth-order valence-electron chi connectivity index (χ4n) is 3.01. The third-order valence-corrected chi connectivity index (χ3v) is 5.60. The van der Waals surface area contributed by atoms with Crippen molar-refractivity contribution in [3.8, 4) is 16.3 Å². The number of nitrogens with two attached hydrogens (primary N) is 1. The molecule has 9 nitrogen and oxygen atoms in total. The number of anilines is 3. The zero-order valence-electron chi connectivity index (χ0n) is 18.1. The molecule has 33 heavy (non-hydrogen) atoms. The van der Waals surface area contributed by atoms with Crippen LogP contribution < -0.4 is 15.8 Å². The van der Waals surface area contributed by atoms with Crippen LogP contribution in [-0.4, -0.2) is 33.0 Å². The van der Waals surface area contributed by atoms with E-state index in [0.717, 1.165) is 17.0 Å². The predicted molar refractivity (Wildman–Crippen MR) is 127 cm³/mol. The Bertz CT molecular complexity index is 1260. The number of nitrogens with zero attached hydrogens (tertiary/aromatic N) is 4. The van der Waals surface area contributed by atoms with Gasteiger partial charge in [0.15, 0.2) is 18.1 Å². The van der Waals surface area contributed by atoms with Crippen molar-refractivity contribution in [2.24, 2.45) is 0 Å². The third-order valence-electron chi connectivity index (χ3n) is 4.71. The van der Waals surface area contributed by atoms with Crippen molar-refractivity contribution in [1.29, 1.82) is 0 Å². The van der Waals surface area contributed by atoms with Gasteiger partial charge in [0.25, 0.3) is 0 Å². The lowest BCUT2D eigenvalue weighted by Gasteiger charge is -2.10. The lowest BCUT2D eigenvalue weighted by Crippen LogP contribution is -2.11. The molecule has 0 aliphatic rings. The average Bonchev–Trinajstić information content (AvgIpc) is 3.33. The standard InChI is InChI=1S/C23H22N6O3S/c1-3-14-8-10-15(11-9-14)20-25-17(13-33-20)21(30)32-12-19-27-22(24)29-23(28-19)26-16-6-4-5-7-18(16)31-2/h4-11,13H,3,12H2,1-2H3,(H3,24,26,27,28,29). The fraction of sp³-hybridized carbons (Fsp3) is 0.174. The molecule has 0 amide bonds. The molecule has 3 N–H and O–H groups in total. The Balaban J connectivity index is 1.42. The lowest BCUT2D eigenvalue weighted by molar-refractivity contribution is 0.0456. The summed E-state index contributed by atoms with van der Waals surface area (Å²) in [4.78, 5) is 29.3. The van der Waals surface area contributed by atoms with E-state index in [9.17, 15) is 4.79 Å². The highest BCUT2D eigenvalue weighted by Crippen LogP contribution is 2.26. The first-order chi connectivity index (χ1) is 16.1. The van der Waals surface area contributed by atoms with Gasteiger partial charge in [0.1, 0.15) is 10.8 Å². The van der Waals surface area contributed by atoms with Crippen molar-refractivity contribution in [1.82, 2.24) is 19.9 Å². The number of carbonyl (C=O) groups is 1. The minimum absolute atomic E-state index is 0.0000762. The molecular weight excluding hydrogens is 440 g/mol. The van der Waals surface area contributed by atoms with Crippen molar-refractivity contribution in [2.75, 3.05) is 18.2 Å². The maximum Gasteiger partial charge on any atom is 0.358 e. The third kappa shape index (κ3) is 5.42. The summed E-state index contributed by atoms with van der Waals surface area (Å²) in [7, 11) is 1.57. The summed E-state index contributed by atoms with van der Waals surface area (Å²) in [6, 6.07) is 15.4. The Kier molecular flexibility index (Phi) is 6.75. The summed E-state index contributed by atoms with van der Waals surface area (Å²) in [6.45, 7) is 1.92. The number of hydrogen-bond acceptors (Lipinski definition) is 10. The number of carbonyl (C=O) groups excluding carboxylic acids is 1. The van der Waals surface area contributed by atoms with Crippen molar-refractivity contribution in [2.45, 2.75) is 20.0 Å². The number of benzene rings is 2. The minimum atomic E-state index is -0.569. The zero-order valence-corrected chi connectivity index (χ0v) is 18.9. The van der Waals surface area contributed by atoms with Gasteiger partial charge >= 0.3 is 5.97 Å². The molecular formula is C23H22N6O3S. The number of aryl methyl sites for hydroxylation is 1. The normalized spacial score (nSPS) is 10.6. The molecule has 168 valence electrons.